The van der Waals surface area contributed by atoms with Crippen LogP contribution in [-0.2, 0) is 6.54 Å². The van der Waals surface area contributed by atoms with Gasteiger partial charge in [-0.05, 0) is 60.2 Å². The number of hydrogen-bond acceptors (Lipinski definition) is 4. The lowest BCUT2D eigenvalue weighted by atomic mass is 10.2. The van der Waals surface area contributed by atoms with Gasteiger partial charge in [0.15, 0.2) is 0 Å². The standard InChI is InChI=1S/C15H24BrN3O/c1-18-7-9-19(10-8-18)6-2-5-17-12-13-3-4-15(20)14(16)11-13/h3-4,11,17,20H,2,5-10,12H2,1H3. The summed E-state index contributed by atoms with van der Waals surface area (Å²) in [6, 6.07) is 5.64. The first-order valence-corrected chi connectivity index (χ1v) is 8.03. The molecular formula is C15H24BrN3O. The van der Waals surface area contributed by atoms with Gasteiger partial charge >= 0.3 is 0 Å². The Balaban J connectivity index is 1.58. The van der Waals surface area contributed by atoms with Crippen LogP contribution in [0.2, 0.25) is 0 Å². The molecule has 0 aliphatic carbocycles. The Hall–Kier alpha value is -0.620. The summed E-state index contributed by atoms with van der Waals surface area (Å²) in [6.45, 7) is 7.83. The first kappa shape index (κ1) is 15.8. The Labute approximate surface area is 129 Å². The van der Waals surface area contributed by atoms with Crippen molar-refractivity contribution in [1.29, 1.82) is 0 Å². The number of phenolic OH excluding ortho intramolecular Hbond substituents is 1. The molecule has 0 bridgehead atoms. The van der Waals surface area contributed by atoms with E-state index < -0.39 is 0 Å². The lowest BCUT2D eigenvalue weighted by molar-refractivity contribution is 0.153. The molecule has 2 rings (SSSR count). The number of piperazine rings is 1. The smallest absolute Gasteiger partial charge is 0.129 e. The Bertz CT molecular complexity index is 420. The minimum Gasteiger partial charge on any atom is -0.507 e. The van der Waals surface area contributed by atoms with Crippen molar-refractivity contribution in [3.8, 4) is 5.75 Å². The van der Waals surface area contributed by atoms with Gasteiger partial charge in [0.2, 0.25) is 0 Å². The summed E-state index contributed by atoms with van der Waals surface area (Å²) in [6.07, 6.45) is 1.18. The molecule has 0 amide bonds. The lowest BCUT2D eigenvalue weighted by Gasteiger charge is -2.32. The minimum atomic E-state index is 0.295. The summed E-state index contributed by atoms with van der Waals surface area (Å²) in [5.74, 6) is 0.295. The maximum Gasteiger partial charge on any atom is 0.129 e. The second-order valence-corrected chi connectivity index (χ2v) is 6.32. The molecule has 1 aromatic rings. The highest BCUT2D eigenvalue weighted by Gasteiger charge is 2.12. The first-order valence-electron chi connectivity index (χ1n) is 7.24. The summed E-state index contributed by atoms with van der Waals surface area (Å²) >= 11 is 3.34. The molecule has 1 aliphatic rings. The zero-order valence-electron chi connectivity index (χ0n) is 12.1. The van der Waals surface area contributed by atoms with Gasteiger partial charge in [-0.3, -0.25) is 0 Å². The van der Waals surface area contributed by atoms with Gasteiger partial charge < -0.3 is 20.2 Å². The predicted octanol–water partition coefficient (Wildman–Crippen LogP) is 1.88. The molecule has 2 N–H and O–H groups in total. The highest BCUT2D eigenvalue weighted by molar-refractivity contribution is 9.10. The first-order chi connectivity index (χ1) is 9.65. The molecule has 1 fully saturated rings. The van der Waals surface area contributed by atoms with Crippen molar-refractivity contribution in [2.45, 2.75) is 13.0 Å². The van der Waals surface area contributed by atoms with Crippen LogP contribution in [-0.4, -0.2) is 61.2 Å². The van der Waals surface area contributed by atoms with Crippen molar-refractivity contribution in [1.82, 2.24) is 15.1 Å². The van der Waals surface area contributed by atoms with E-state index in [1.807, 2.05) is 12.1 Å². The fraction of sp³-hybridized carbons (Fsp3) is 0.600. The summed E-state index contributed by atoms with van der Waals surface area (Å²) in [4.78, 5) is 4.93. The van der Waals surface area contributed by atoms with Gasteiger partial charge in [-0.25, -0.2) is 0 Å². The summed E-state index contributed by atoms with van der Waals surface area (Å²) in [5, 5.41) is 12.9. The normalized spacial score (nSPS) is 17.5. The quantitative estimate of drug-likeness (QED) is 0.775. The largest absolute Gasteiger partial charge is 0.507 e. The molecule has 0 saturated carbocycles. The van der Waals surface area contributed by atoms with Gasteiger partial charge in [0.25, 0.3) is 0 Å². The Morgan fingerprint density at radius 3 is 2.70 bits per heavy atom. The summed E-state index contributed by atoms with van der Waals surface area (Å²) < 4.78 is 0.759. The van der Waals surface area contributed by atoms with Crippen molar-refractivity contribution in [2.24, 2.45) is 0 Å². The second kappa shape index (κ2) is 7.98. The van der Waals surface area contributed by atoms with Gasteiger partial charge in [-0.2, -0.15) is 0 Å². The number of phenols is 1. The SMILES string of the molecule is CN1CCN(CCCNCc2ccc(O)c(Br)c2)CC1. The third-order valence-corrected chi connectivity index (χ3v) is 4.40. The van der Waals surface area contributed by atoms with Gasteiger partial charge in [0, 0.05) is 32.7 Å². The molecule has 0 unspecified atom stereocenters. The van der Waals surface area contributed by atoms with E-state index in [1.165, 1.54) is 44.7 Å². The third-order valence-electron chi connectivity index (χ3n) is 3.77. The van der Waals surface area contributed by atoms with Crippen LogP contribution in [0.5, 0.6) is 5.75 Å². The second-order valence-electron chi connectivity index (χ2n) is 5.46. The molecule has 0 radical (unpaired) electrons. The maximum atomic E-state index is 9.44. The lowest BCUT2D eigenvalue weighted by Crippen LogP contribution is -2.45. The van der Waals surface area contributed by atoms with Crippen molar-refractivity contribution >= 4 is 15.9 Å². The van der Waals surface area contributed by atoms with E-state index in [1.54, 1.807) is 6.07 Å². The van der Waals surface area contributed by atoms with Crippen LogP contribution >= 0.6 is 15.9 Å². The van der Waals surface area contributed by atoms with E-state index in [-0.39, 0.29) is 0 Å². The average molecular weight is 342 g/mol. The molecule has 1 aromatic carbocycles. The van der Waals surface area contributed by atoms with E-state index in [9.17, 15) is 5.11 Å². The van der Waals surface area contributed by atoms with Crippen molar-refractivity contribution in [2.75, 3.05) is 46.3 Å². The number of halogens is 1. The number of nitrogens with one attached hydrogen (secondary N) is 1. The van der Waals surface area contributed by atoms with Gasteiger partial charge in [-0.15, -0.1) is 0 Å². The zero-order chi connectivity index (χ0) is 14.4. The number of aromatic hydroxyl groups is 1. The number of rotatable bonds is 6. The van der Waals surface area contributed by atoms with Crippen LogP contribution in [0.3, 0.4) is 0 Å². The van der Waals surface area contributed by atoms with Crippen LogP contribution in [0.4, 0.5) is 0 Å². The number of nitrogens with zero attached hydrogens (tertiary/aromatic N) is 2. The molecule has 0 aromatic heterocycles. The monoisotopic (exact) mass is 341 g/mol. The van der Waals surface area contributed by atoms with Crippen LogP contribution in [0.1, 0.15) is 12.0 Å². The van der Waals surface area contributed by atoms with Crippen LogP contribution < -0.4 is 5.32 Å². The van der Waals surface area contributed by atoms with Crippen LogP contribution in [0.15, 0.2) is 22.7 Å². The zero-order valence-corrected chi connectivity index (χ0v) is 13.7. The van der Waals surface area contributed by atoms with Crippen molar-refractivity contribution in [3.63, 3.8) is 0 Å². The molecule has 112 valence electrons. The summed E-state index contributed by atoms with van der Waals surface area (Å²) in [5.41, 5.74) is 1.19. The topological polar surface area (TPSA) is 38.7 Å². The van der Waals surface area contributed by atoms with E-state index in [4.69, 9.17) is 0 Å². The fourth-order valence-corrected chi connectivity index (χ4v) is 2.82. The van der Waals surface area contributed by atoms with E-state index in [0.29, 0.717) is 5.75 Å². The average Bonchev–Trinajstić information content (AvgIpc) is 2.44. The Morgan fingerprint density at radius 1 is 1.25 bits per heavy atom. The third kappa shape index (κ3) is 5.05. The molecule has 0 atom stereocenters. The van der Waals surface area contributed by atoms with Gasteiger partial charge in [-0.1, -0.05) is 6.07 Å². The Kier molecular flexibility index (Phi) is 6.29. The van der Waals surface area contributed by atoms with E-state index in [2.05, 4.69) is 38.1 Å². The fourth-order valence-electron chi connectivity index (χ4n) is 2.39. The number of benzene rings is 1. The number of likely N-dealkylation sites (N-methyl/N-ethyl adjacent to an activating group) is 1. The van der Waals surface area contributed by atoms with E-state index >= 15 is 0 Å². The van der Waals surface area contributed by atoms with Crippen molar-refractivity contribution < 1.29 is 5.11 Å². The van der Waals surface area contributed by atoms with Crippen LogP contribution in [0.25, 0.3) is 0 Å². The molecule has 1 saturated heterocycles. The van der Waals surface area contributed by atoms with Crippen LogP contribution in [0, 0.1) is 0 Å². The summed E-state index contributed by atoms with van der Waals surface area (Å²) in [7, 11) is 2.19. The predicted molar refractivity (Wildman–Crippen MR) is 86.1 cm³/mol. The van der Waals surface area contributed by atoms with Gasteiger partial charge in [0.05, 0.1) is 4.47 Å². The van der Waals surface area contributed by atoms with Crippen molar-refractivity contribution in [3.05, 3.63) is 28.2 Å². The van der Waals surface area contributed by atoms with E-state index in [0.717, 1.165) is 17.6 Å². The molecular weight excluding hydrogens is 318 g/mol. The molecule has 1 aliphatic heterocycles. The Morgan fingerprint density at radius 2 is 2.00 bits per heavy atom. The maximum absolute atomic E-state index is 9.44. The molecule has 4 nitrogen and oxygen atoms in total. The van der Waals surface area contributed by atoms with Gasteiger partial charge in [0.1, 0.15) is 5.75 Å². The number of hydrogen-bond donors (Lipinski definition) is 2. The molecule has 5 heteroatoms. The molecule has 0 spiro atoms. The highest BCUT2D eigenvalue weighted by Crippen LogP contribution is 2.24. The highest BCUT2D eigenvalue weighted by atomic mass is 79.9. The minimum absolute atomic E-state index is 0.295. The molecule has 20 heavy (non-hydrogen) atoms. The molecule has 1 heterocycles.